The van der Waals surface area contributed by atoms with Crippen molar-refractivity contribution in [3.63, 3.8) is 0 Å². The number of nitrogens with one attached hydrogen (secondary N) is 2. The number of benzene rings is 2. The van der Waals surface area contributed by atoms with Crippen LogP contribution in [-0.4, -0.2) is 38.3 Å². The molecule has 0 fully saturated rings. The Morgan fingerprint density at radius 1 is 1.36 bits per heavy atom. The molecular formula is C18H18BrF2N4O3+. The predicted molar refractivity (Wildman–Crippen MR) is 107 cm³/mol. The number of hydrogen-bond donors (Lipinski definition) is 3. The summed E-state index contributed by atoms with van der Waals surface area (Å²) >= 11 is 3.14. The molecule has 148 valence electrons. The van der Waals surface area contributed by atoms with Gasteiger partial charge in [-0.3, -0.25) is 9.63 Å². The van der Waals surface area contributed by atoms with E-state index in [2.05, 4.69) is 31.6 Å². The van der Waals surface area contributed by atoms with Crippen molar-refractivity contribution >= 4 is 44.6 Å². The number of carbonyl (C=O) groups is 1. The largest absolute Gasteiger partial charge is 0.400 e. The van der Waals surface area contributed by atoms with E-state index < -0.39 is 17.5 Å². The minimum absolute atomic E-state index is 0.0620. The molecule has 0 bridgehead atoms. The van der Waals surface area contributed by atoms with Gasteiger partial charge in [-0.2, -0.15) is 4.39 Å². The van der Waals surface area contributed by atoms with Crippen molar-refractivity contribution in [2.24, 2.45) is 0 Å². The molecule has 3 N–H and O–H groups in total. The lowest BCUT2D eigenvalue weighted by Crippen LogP contribution is -2.26. The molecule has 7 nitrogen and oxygen atoms in total. The normalized spacial score (nSPS) is 10.3. The van der Waals surface area contributed by atoms with Crippen molar-refractivity contribution < 1.29 is 23.5 Å². The topological polar surface area (TPSA) is 78.2 Å². The van der Waals surface area contributed by atoms with Crippen LogP contribution >= 0.6 is 15.9 Å². The van der Waals surface area contributed by atoms with E-state index in [1.165, 1.54) is 23.1 Å². The minimum Gasteiger partial charge on any atom is -0.394 e. The number of nitrogens with zero attached hydrogens (tertiary/aromatic N) is 2. The number of aliphatic hydroxyl groups excluding tert-OH is 1. The molecular weight excluding hydrogens is 438 g/mol. The van der Waals surface area contributed by atoms with Crippen molar-refractivity contribution in [1.29, 1.82) is 0 Å². The van der Waals surface area contributed by atoms with E-state index in [1.54, 1.807) is 20.2 Å². The van der Waals surface area contributed by atoms with Crippen LogP contribution in [0.5, 0.6) is 0 Å². The summed E-state index contributed by atoms with van der Waals surface area (Å²) in [6.07, 6.45) is 0. The maximum absolute atomic E-state index is 15.1. The summed E-state index contributed by atoms with van der Waals surface area (Å²) in [6.45, 7) is 4.84. The summed E-state index contributed by atoms with van der Waals surface area (Å²) in [7, 11) is 3.24. The average Bonchev–Trinajstić information content (AvgIpc) is 2.64. The minimum atomic E-state index is -0.941. The smallest absolute Gasteiger partial charge is 0.394 e. The first-order valence-electron chi connectivity index (χ1n) is 8.00. The van der Waals surface area contributed by atoms with Crippen LogP contribution in [0, 0.1) is 18.2 Å². The van der Waals surface area contributed by atoms with Crippen molar-refractivity contribution in [3.05, 3.63) is 50.8 Å². The van der Waals surface area contributed by atoms with E-state index >= 15 is 4.39 Å². The van der Waals surface area contributed by atoms with Crippen LogP contribution in [0.25, 0.3) is 4.85 Å². The Labute approximate surface area is 168 Å². The molecule has 2 rings (SSSR count). The van der Waals surface area contributed by atoms with Crippen LogP contribution in [0.2, 0.25) is 0 Å². The summed E-state index contributed by atoms with van der Waals surface area (Å²) in [5.41, 5.74) is 1.55. The lowest BCUT2D eigenvalue weighted by molar-refractivity contribution is 0.0169. The number of aliphatic hydroxyl groups is 1. The van der Waals surface area contributed by atoms with Crippen molar-refractivity contribution in [2.75, 3.05) is 37.5 Å². The van der Waals surface area contributed by atoms with E-state index in [4.69, 9.17) is 16.5 Å². The van der Waals surface area contributed by atoms with Crippen molar-refractivity contribution in [1.82, 2.24) is 5.48 Å². The van der Waals surface area contributed by atoms with Crippen molar-refractivity contribution in [3.8, 4) is 6.57 Å². The molecule has 10 heteroatoms. The quantitative estimate of drug-likeness (QED) is 0.437. The average molecular weight is 456 g/mol. The van der Waals surface area contributed by atoms with Gasteiger partial charge in [-0.05, 0) is 29.1 Å². The van der Waals surface area contributed by atoms with Crippen molar-refractivity contribution in [2.45, 2.75) is 0 Å². The molecule has 0 heterocycles. The zero-order valence-corrected chi connectivity index (χ0v) is 16.7. The van der Waals surface area contributed by atoms with Crippen LogP contribution in [0.1, 0.15) is 10.4 Å². The van der Waals surface area contributed by atoms with Crippen LogP contribution in [0.15, 0.2) is 28.7 Å². The Morgan fingerprint density at radius 2 is 2.07 bits per heavy atom. The Kier molecular flexibility index (Phi) is 7.28. The highest BCUT2D eigenvalue weighted by Crippen LogP contribution is 2.39. The second kappa shape index (κ2) is 9.45. The number of hydrogen-bond acceptors (Lipinski definition) is 5. The zero-order valence-electron chi connectivity index (χ0n) is 15.1. The molecule has 2 aromatic carbocycles. The molecule has 0 unspecified atom stereocenters. The second-order valence-electron chi connectivity index (χ2n) is 5.76. The molecule has 0 aliphatic rings. The van der Waals surface area contributed by atoms with Gasteiger partial charge < -0.3 is 15.3 Å². The van der Waals surface area contributed by atoms with Gasteiger partial charge in [0.2, 0.25) is 5.82 Å². The highest BCUT2D eigenvalue weighted by molar-refractivity contribution is 9.10. The van der Waals surface area contributed by atoms with Gasteiger partial charge in [0.15, 0.2) is 0 Å². The number of rotatable bonds is 7. The van der Waals surface area contributed by atoms with E-state index in [-0.39, 0.29) is 41.5 Å². The molecule has 0 aliphatic heterocycles. The number of carbonyl (C=O) groups excluding carboxylic acids is 1. The van der Waals surface area contributed by atoms with E-state index in [1.807, 2.05) is 0 Å². The van der Waals surface area contributed by atoms with Crippen LogP contribution < -0.4 is 15.7 Å². The van der Waals surface area contributed by atoms with Gasteiger partial charge in [0.25, 0.3) is 12.5 Å². The molecule has 28 heavy (non-hydrogen) atoms. The lowest BCUT2D eigenvalue weighted by atomic mass is 10.1. The van der Waals surface area contributed by atoms with E-state index in [9.17, 15) is 9.18 Å². The van der Waals surface area contributed by atoms with Gasteiger partial charge in [0.05, 0.1) is 30.2 Å². The van der Waals surface area contributed by atoms with Gasteiger partial charge in [0.1, 0.15) is 11.5 Å². The van der Waals surface area contributed by atoms with Gasteiger partial charge in [-0.1, -0.05) is 15.9 Å². The van der Waals surface area contributed by atoms with Crippen LogP contribution in [0.4, 0.5) is 31.5 Å². The van der Waals surface area contributed by atoms with E-state index in [0.29, 0.717) is 4.47 Å². The molecule has 0 aromatic heterocycles. The molecule has 2 aromatic rings. The van der Waals surface area contributed by atoms with Gasteiger partial charge >= 0.3 is 5.69 Å². The Hall–Kier alpha value is -2.74. The lowest BCUT2D eigenvalue weighted by Gasteiger charge is -2.17. The third kappa shape index (κ3) is 4.75. The van der Waals surface area contributed by atoms with Crippen LogP contribution in [-0.2, 0) is 4.84 Å². The Balaban J connectivity index is 2.59. The molecule has 0 saturated carbocycles. The van der Waals surface area contributed by atoms with E-state index in [0.717, 1.165) is 0 Å². The first kappa shape index (κ1) is 21.6. The first-order valence-corrected chi connectivity index (χ1v) is 8.79. The van der Waals surface area contributed by atoms with Gasteiger partial charge in [-0.25, -0.2) is 9.87 Å². The monoisotopic (exact) mass is 455 g/mol. The third-order valence-electron chi connectivity index (χ3n) is 3.62. The first-order chi connectivity index (χ1) is 13.3. The summed E-state index contributed by atoms with van der Waals surface area (Å²) in [5, 5.41) is 11.3. The van der Waals surface area contributed by atoms with Gasteiger partial charge in [0, 0.05) is 18.6 Å². The Morgan fingerprint density at radius 3 is 2.64 bits per heavy atom. The second-order valence-corrected chi connectivity index (χ2v) is 6.67. The fourth-order valence-corrected chi connectivity index (χ4v) is 2.67. The maximum atomic E-state index is 15.1. The maximum Gasteiger partial charge on any atom is 0.400 e. The fraction of sp³-hybridized carbons (Fsp3) is 0.222. The highest BCUT2D eigenvalue weighted by Gasteiger charge is 2.29. The predicted octanol–water partition coefficient (Wildman–Crippen LogP) is 3.78. The molecule has 0 radical (unpaired) electrons. The molecule has 0 saturated heterocycles. The highest BCUT2D eigenvalue weighted by atomic mass is 79.9. The summed E-state index contributed by atoms with van der Waals surface area (Å²) in [4.78, 5) is 22.3. The summed E-state index contributed by atoms with van der Waals surface area (Å²) in [6, 6.07) is 5.45. The molecule has 0 spiro atoms. The van der Waals surface area contributed by atoms with Crippen LogP contribution in [0.3, 0.4) is 0 Å². The molecule has 1 amide bonds. The molecule has 0 aliphatic carbocycles. The number of anilines is 3. The third-order valence-corrected chi connectivity index (χ3v) is 4.12. The SMILES string of the molecule is C#[N+]c1c(N(C)C)cc(C(=O)NOCCO)c(Nc2ccc(Br)cc2F)c1F. The number of halogens is 3. The zero-order chi connectivity index (χ0) is 20.8. The fourth-order valence-electron chi connectivity index (χ4n) is 2.33. The molecule has 0 atom stereocenters. The summed E-state index contributed by atoms with van der Waals surface area (Å²) in [5.74, 6) is -2.41. The standard InChI is InChI=1S/C18H17BrF2N4O3/c1-22-17-14(25(2)3)9-11(18(27)24-28-7-6-26)16(15(17)21)23-13-5-4-10(19)8-12(13)20/h1,4-5,8-9,26H,6-7H2,2-3H3,(H-,23,24,27)/p+1. The Bertz CT molecular complexity index is 932. The van der Waals surface area contributed by atoms with Gasteiger partial charge in [-0.15, -0.1) is 0 Å². The number of hydroxylamine groups is 1. The number of amides is 1. The summed E-state index contributed by atoms with van der Waals surface area (Å²) < 4.78 is 29.9.